The number of likely N-dealkylation sites (N-methyl/N-ethyl adjacent to an activating group) is 1. The van der Waals surface area contributed by atoms with Gasteiger partial charge in [0.25, 0.3) is 0 Å². The van der Waals surface area contributed by atoms with Crippen molar-refractivity contribution in [2.45, 2.75) is 12.0 Å². The maximum atomic E-state index is 5.53. The second kappa shape index (κ2) is 4.37. The van der Waals surface area contributed by atoms with Crippen molar-refractivity contribution in [2.75, 3.05) is 47.0 Å². The van der Waals surface area contributed by atoms with Crippen LogP contribution in [0.3, 0.4) is 0 Å². The fraction of sp³-hybridized carbons (Fsp3) is 0.900. The van der Waals surface area contributed by atoms with Crippen molar-refractivity contribution in [1.82, 2.24) is 10.2 Å². The average Bonchev–Trinajstić information content (AvgIpc) is 2.85. The number of aliphatic imine (C=N–C) groups is 1. The highest BCUT2D eigenvalue weighted by atomic mass is 16.5. The Balaban J connectivity index is 1.86. The molecule has 1 atom stereocenters. The van der Waals surface area contributed by atoms with Crippen LogP contribution in [0.4, 0.5) is 0 Å². The summed E-state index contributed by atoms with van der Waals surface area (Å²) in [4.78, 5) is 6.50. The first-order valence-electron chi connectivity index (χ1n) is 5.38. The van der Waals surface area contributed by atoms with E-state index in [9.17, 15) is 0 Å². The number of rotatable bonds is 3. The molecule has 15 heavy (non-hydrogen) atoms. The lowest BCUT2D eigenvalue weighted by Gasteiger charge is -2.27. The molecule has 0 bridgehead atoms. The van der Waals surface area contributed by atoms with Gasteiger partial charge in [-0.25, -0.2) is 0 Å². The van der Waals surface area contributed by atoms with E-state index in [0.717, 1.165) is 38.6 Å². The zero-order chi connectivity index (χ0) is 10.7. The molecule has 1 unspecified atom stereocenters. The van der Waals surface area contributed by atoms with Crippen LogP contribution in [0.15, 0.2) is 4.99 Å². The molecule has 0 aromatic heterocycles. The molecule has 2 aliphatic heterocycles. The lowest BCUT2D eigenvalue weighted by molar-refractivity contribution is -0.0130. The molecule has 0 aliphatic carbocycles. The van der Waals surface area contributed by atoms with Crippen LogP contribution in [-0.2, 0) is 9.47 Å². The van der Waals surface area contributed by atoms with E-state index in [1.807, 2.05) is 7.05 Å². The first-order valence-corrected chi connectivity index (χ1v) is 5.38. The van der Waals surface area contributed by atoms with Gasteiger partial charge in [-0.15, -0.1) is 0 Å². The van der Waals surface area contributed by atoms with Crippen LogP contribution in [-0.4, -0.2) is 63.5 Å². The van der Waals surface area contributed by atoms with Crippen LogP contribution in [0.2, 0.25) is 0 Å². The van der Waals surface area contributed by atoms with Crippen LogP contribution >= 0.6 is 0 Å². The van der Waals surface area contributed by atoms with Gasteiger partial charge in [-0.05, 0) is 0 Å². The number of hydrogen-bond acceptors (Lipinski definition) is 5. The quantitative estimate of drug-likeness (QED) is 0.698. The van der Waals surface area contributed by atoms with E-state index in [1.165, 1.54) is 0 Å². The van der Waals surface area contributed by atoms with Crippen molar-refractivity contribution in [1.29, 1.82) is 0 Å². The molecule has 1 N–H and O–H groups in total. The second-order valence-electron chi connectivity index (χ2n) is 4.17. The normalized spacial score (nSPS) is 30.8. The molecule has 0 amide bonds. The highest BCUT2D eigenvalue weighted by Crippen LogP contribution is 2.21. The van der Waals surface area contributed by atoms with Gasteiger partial charge in [-0.1, -0.05) is 0 Å². The minimum atomic E-state index is -0.161. The van der Waals surface area contributed by atoms with E-state index in [4.69, 9.17) is 9.47 Å². The molecule has 0 spiro atoms. The topological polar surface area (TPSA) is 46.1 Å². The molecule has 1 saturated heterocycles. The van der Waals surface area contributed by atoms with Crippen molar-refractivity contribution in [3.8, 4) is 0 Å². The van der Waals surface area contributed by atoms with Crippen LogP contribution in [0, 0.1) is 0 Å². The van der Waals surface area contributed by atoms with Crippen molar-refractivity contribution in [2.24, 2.45) is 4.99 Å². The van der Waals surface area contributed by atoms with E-state index < -0.39 is 0 Å². The molecule has 2 aliphatic rings. The SMILES string of the molecule is COC1(CNC2=NCCN2C)CCOC1. The highest BCUT2D eigenvalue weighted by Gasteiger charge is 2.35. The molecule has 2 heterocycles. The predicted molar refractivity (Wildman–Crippen MR) is 58.1 cm³/mol. The van der Waals surface area contributed by atoms with Gasteiger partial charge < -0.3 is 19.7 Å². The van der Waals surface area contributed by atoms with Gasteiger partial charge in [0.2, 0.25) is 0 Å². The van der Waals surface area contributed by atoms with Gasteiger partial charge in [0, 0.05) is 40.3 Å². The molecule has 5 nitrogen and oxygen atoms in total. The van der Waals surface area contributed by atoms with E-state index in [2.05, 4.69) is 15.2 Å². The molecule has 0 saturated carbocycles. The van der Waals surface area contributed by atoms with Gasteiger partial charge in [-0.3, -0.25) is 4.99 Å². The molecule has 1 fully saturated rings. The van der Waals surface area contributed by atoms with Crippen molar-refractivity contribution in [3.05, 3.63) is 0 Å². The molecule has 0 aromatic rings. The number of hydrogen-bond donors (Lipinski definition) is 1. The van der Waals surface area contributed by atoms with Crippen molar-refractivity contribution >= 4 is 5.96 Å². The van der Waals surface area contributed by atoms with E-state index >= 15 is 0 Å². The number of ether oxygens (including phenoxy) is 2. The molecular weight excluding hydrogens is 194 g/mol. The third kappa shape index (κ3) is 2.23. The predicted octanol–water partition coefficient (Wildman–Crippen LogP) is -0.317. The Kier molecular flexibility index (Phi) is 3.11. The number of guanidine groups is 1. The summed E-state index contributed by atoms with van der Waals surface area (Å²) in [7, 11) is 3.79. The fourth-order valence-electron chi connectivity index (χ4n) is 1.92. The zero-order valence-electron chi connectivity index (χ0n) is 9.45. The largest absolute Gasteiger partial charge is 0.378 e. The molecular formula is C10H19N3O2. The summed E-state index contributed by atoms with van der Waals surface area (Å²) in [5.41, 5.74) is -0.161. The van der Waals surface area contributed by atoms with Crippen LogP contribution in [0.25, 0.3) is 0 Å². The van der Waals surface area contributed by atoms with E-state index in [-0.39, 0.29) is 5.60 Å². The second-order valence-corrected chi connectivity index (χ2v) is 4.17. The first-order chi connectivity index (χ1) is 7.26. The van der Waals surface area contributed by atoms with Crippen molar-refractivity contribution < 1.29 is 9.47 Å². The lowest BCUT2D eigenvalue weighted by atomic mass is 10.0. The minimum Gasteiger partial charge on any atom is -0.378 e. The summed E-state index contributed by atoms with van der Waals surface area (Å²) < 4.78 is 10.9. The number of methoxy groups -OCH3 is 1. The summed E-state index contributed by atoms with van der Waals surface area (Å²) in [5, 5.41) is 3.34. The Morgan fingerprint density at radius 3 is 3.07 bits per heavy atom. The van der Waals surface area contributed by atoms with Crippen LogP contribution < -0.4 is 5.32 Å². The van der Waals surface area contributed by atoms with E-state index in [0.29, 0.717) is 6.61 Å². The Hall–Kier alpha value is -0.810. The van der Waals surface area contributed by atoms with Gasteiger partial charge >= 0.3 is 0 Å². The first kappa shape index (κ1) is 10.7. The fourth-order valence-corrected chi connectivity index (χ4v) is 1.92. The smallest absolute Gasteiger partial charge is 0.193 e. The maximum Gasteiger partial charge on any atom is 0.193 e. The summed E-state index contributed by atoms with van der Waals surface area (Å²) in [6, 6.07) is 0. The van der Waals surface area contributed by atoms with Gasteiger partial charge in [0.1, 0.15) is 5.60 Å². The standard InChI is InChI=1S/C10H19N3O2/c1-13-5-4-11-9(13)12-7-10(14-2)3-6-15-8-10/h3-8H2,1-2H3,(H,11,12). The third-order valence-electron chi connectivity index (χ3n) is 3.13. The van der Waals surface area contributed by atoms with Gasteiger partial charge in [-0.2, -0.15) is 0 Å². The summed E-state index contributed by atoms with van der Waals surface area (Å²) in [5.74, 6) is 0.971. The highest BCUT2D eigenvalue weighted by molar-refractivity contribution is 5.81. The van der Waals surface area contributed by atoms with E-state index in [1.54, 1.807) is 7.11 Å². The Bertz CT molecular complexity index is 249. The van der Waals surface area contributed by atoms with Crippen LogP contribution in [0.5, 0.6) is 0 Å². The average molecular weight is 213 g/mol. The van der Waals surface area contributed by atoms with Gasteiger partial charge in [0.05, 0.1) is 13.2 Å². The zero-order valence-corrected chi connectivity index (χ0v) is 9.45. The van der Waals surface area contributed by atoms with Crippen molar-refractivity contribution in [3.63, 3.8) is 0 Å². The Labute approximate surface area is 90.4 Å². The third-order valence-corrected chi connectivity index (χ3v) is 3.13. The maximum absolute atomic E-state index is 5.53. The molecule has 0 radical (unpaired) electrons. The molecule has 2 rings (SSSR count). The number of nitrogens with zero attached hydrogens (tertiary/aromatic N) is 2. The Morgan fingerprint density at radius 2 is 2.53 bits per heavy atom. The van der Waals surface area contributed by atoms with Gasteiger partial charge in [0.15, 0.2) is 5.96 Å². The summed E-state index contributed by atoms with van der Waals surface area (Å²) >= 11 is 0. The monoisotopic (exact) mass is 213 g/mol. The molecule has 5 heteroatoms. The Morgan fingerprint density at radius 1 is 1.67 bits per heavy atom. The van der Waals surface area contributed by atoms with Crippen LogP contribution in [0.1, 0.15) is 6.42 Å². The molecule has 86 valence electrons. The summed E-state index contributed by atoms with van der Waals surface area (Å²) in [6.45, 7) is 4.12. The molecule has 0 aromatic carbocycles. The number of nitrogens with one attached hydrogen (secondary N) is 1. The summed E-state index contributed by atoms with van der Waals surface area (Å²) in [6.07, 6.45) is 0.952. The lowest BCUT2D eigenvalue weighted by Crippen LogP contribution is -2.47. The minimum absolute atomic E-state index is 0.161.